The van der Waals surface area contributed by atoms with Gasteiger partial charge in [-0.1, -0.05) is 0 Å². The fraction of sp³-hybridized carbons (Fsp3) is 1.00. The molecular weight excluding hydrogens is 182 g/mol. The molecule has 0 aliphatic carbocycles. The van der Waals surface area contributed by atoms with E-state index in [0.717, 1.165) is 0 Å². The Kier molecular flexibility index (Phi) is 3.79. The van der Waals surface area contributed by atoms with Gasteiger partial charge in [-0.3, -0.25) is 4.55 Å². The fourth-order valence-corrected chi connectivity index (χ4v) is 1.07. The first kappa shape index (κ1) is 9.82. The minimum absolute atomic E-state index is 0.294. The van der Waals surface area contributed by atoms with Crippen LogP contribution in [0.25, 0.3) is 0 Å². The van der Waals surface area contributed by atoms with Gasteiger partial charge in [-0.05, 0) is 0 Å². The van der Waals surface area contributed by atoms with Crippen LogP contribution in [0.2, 0.25) is 0 Å². The van der Waals surface area contributed by atoms with Crippen molar-refractivity contribution in [3.05, 3.63) is 0 Å². The topological polar surface area (TPSA) is 101 Å². The Morgan fingerprint density at radius 3 is 2.20 bits per heavy atom. The van der Waals surface area contributed by atoms with Gasteiger partial charge in [0.05, 0.1) is 5.75 Å². The summed E-state index contributed by atoms with van der Waals surface area (Å²) in [5.74, 6) is -0.601. The van der Waals surface area contributed by atoms with Crippen molar-refractivity contribution in [2.45, 2.75) is 0 Å². The van der Waals surface area contributed by atoms with Crippen molar-refractivity contribution in [3.8, 4) is 0 Å². The van der Waals surface area contributed by atoms with E-state index in [-0.39, 0.29) is 6.54 Å². The van der Waals surface area contributed by atoms with Crippen molar-refractivity contribution in [2.75, 3.05) is 12.3 Å². The van der Waals surface area contributed by atoms with Crippen molar-refractivity contribution < 1.29 is 21.4 Å². The molecule has 10 heavy (non-hydrogen) atoms. The Balaban J connectivity index is 3.59. The van der Waals surface area contributed by atoms with E-state index in [4.69, 9.17) is 4.55 Å². The summed E-state index contributed by atoms with van der Waals surface area (Å²) in [4.78, 5) is 0. The zero-order chi connectivity index (χ0) is 8.20. The van der Waals surface area contributed by atoms with E-state index in [1.54, 1.807) is 0 Å². The smallest absolute Gasteiger partial charge is 0.266 e. The summed E-state index contributed by atoms with van der Waals surface area (Å²) in [5, 5.41) is 0. The SMILES string of the molecule is O=[SH](=O)NCCS(=O)(=O)O. The van der Waals surface area contributed by atoms with Crippen LogP contribution in [0.3, 0.4) is 0 Å². The number of hydrogen-bond donors (Lipinski definition) is 3. The summed E-state index contributed by atoms with van der Waals surface area (Å²) in [6, 6.07) is 0. The molecule has 0 unspecified atom stereocenters. The Hall–Kier alpha value is -0.180. The molecule has 6 nitrogen and oxygen atoms in total. The van der Waals surface area contributed by atoms with Gasteiger partial charge in [-0.25, -0.2) is 13.1 Å². The first-order chi connectivity index (χ1) is 4.42. The molecule has 0 rings (SSSR count). The molecule has 8 heteroatoms. The molecular formula is C2H7NO5S2. The van der Waals surface area contributed by atoms with E-state index in [0.29, 0.717) is 0 Å². The van der Waals surface area contributed by atoms with Gasteiger partial charge in [0.15, 0.2) is 0 Å². The Morgan fingerprint density at radius 2 is 1.90 bits per heavy atom. The van der Waals surface area contributed by atoms with E-state index >= 15 is 0 Å². The lowest BCUT2D eigenvalue weighted by molar-refractivity contribution is 0.482. The highest BCUT2D eigenvalue weighted by Gasteiger charge is 2.02. The van der Waals surface area contributed by atoms with Crippen LogP contribution < -0.4 is 4.72 Å². The first-order valence-electron chi connectivity index (χ1n) is 2.25. The van der Waals surface area contributed by atoms with E-state index < -0.39 is 26.8 Å². The maximum atomic E-state index is 9.93. The molecule has 0 saturated heterocycles. The fourth-order valence-electron chi connectivity index (χ4n) is 0.266. The van der Waals surface area contributed by atoms with E-state index in [1.165, 1.54) is 0 Å². The lowest BCUT2D eigenvalue weighted by Crippen LogP contribution is -2.20. The molecule has 0 aliphatic heterocycles. The summed E-state index contributed by atoms with van der Waals surface area (Å²) in [6.45, 7) is -0.294. The van der Waals surface area contributed by atoms with E-state index in [9.17, 15) is 16.8 Å². The number of thiol groups is 1. The Labute approximate surface area is 60.1 Å². The maximum absolute atomic E-state index is 9.93. The monoisotopic (exact) mass is 189 g/mol. The van der Waals surface area contributed by atoms with Crippen molar-refractivity contribution >= 4 is 21.0 Å². The highest BCUT2D eigenvalue weighted by Crippen LogP contribution is 1.77. The van der Waals surface area contributed by atoms with Gasteiger partial charge in [0.1, 0.15) is 0 Å². The maximum Gasteiger partial charge on any atom is 0.266 e. The lowest BCUT2D eigenvalue weighted by atomic mass is 10.8. The van der Waals surface area contributed by atoms with Crippen LogP contribution >= 0.6 is 0 Å². The zero-order valence-electron chi connectivity index (χ0n) is 4.85. The van der Waals surface area contributed by atoms with Gasteiger partial charge in [0.25, 0.3) is 10.1 Å². The third-order valence-corrected chi connectivity index (χ3v) is 1.80. The molecule has 0 aromatic carbocycles. The average Bonchev–Trinajstić information content (AvgIpc) is 1.59. The highest BCUT2D eigenvalue weighted by molar-refractivity contribution is 7.85. The second-order valence-corrected chi connectivity index (χ2v) is 3.85. The summed E-state index contributed by atoms with van der Waals surface area (Å²) in [6.07, 6.45) is 0. The van der Waals surface area contributed by atoms with Crippen LogP contribution in [0.15, 0.2) is 0 Å². The van der Waals surface area contributed by atoms with Crippen LogP contribution in [0.1, 0.15) is 0 Å². The molecule has 0 saturated carbocycles. The molecule has 0 amide bonds. The predicted octanol–water partition coefficient (Wildman–Crippen LogP) is -2.01. The quantitative estimate of drug-likeness (QED) is 0.350. The van der Waals surface area contributed by atoms with Crippen molar-refractivity contribution in [3.63, 3.8) is 0 Å². The summed E-state index contributed by atoms with van der Waals surface area (Å²) in [7, 11) is -6.83. The van der Waals surface area contributed by atoms with Crippen LogP contribution in [-0.4, -0.2) is 33.7 Å². The van der Waals surface area contributed by atoms with Crippen LogP contribution in [0.5, 0.6) is 0 Å². The summed E-state index contributed by atoms with van der Waals surface area (Å²) < 4.78 is 49.2. The number of rotatable bonds is 4. The third kappa shape index (κ3) is 7.82. The summed E-state index contributed by atoms with van der Waals surface area (Å²) in [5.41, 5.74) is 0. The minimum Gasteiger partial charge on any atom is -0.286 e. The zero-order valence-corrected chi connectivity index (χ0v) is 6.56. The van der Waals surface area contributed by atoms with Gasteiger partial charge in [-0.2, -0.15) is 8.42 Å². The van der Waals surface area contributed by atoms with Gasteiger partial charge in [0, 0.05) is 6.54 Å². The van der Waals surface area contributed by atoms with Gasteiger partial charge in [-0.15, -0.1) is 0 Å². The third-order valence-electron chi connectivity index (χ3n) is 0.601. The van der Waals surface area contributed by atoms with Crippen LogP contribution in [-0.2, 0) is 21.0 Å². The number of nitrogens with one attached hydrogen (secondary N) is 1. The normalized spacial score (nSPS) is 12.2. The molecule has 0 heterocycles. The molecule has 0 radical (unpaired) electrons. The highest BCUT2D eigenvalue weighted by atomic mass is 32.2. The van der Waals surface area contributed by atoms with Gasteiger partial charge < -0.3 is 0 Å². The Bertz CT molecular complexity index is 243. The Morgan fingerprint density at radius 1 is 1.40 bits per heavy atom. The van der Waals surface area contributed by atoms with E-state index in [1.807, 2.05) is 4.72 Å². The van der Waals surface area contributed by atoms with Crippen molar-refractivity contribution in [2.24, 2.45) is 0 Å². The molecule has 2 N–H and O–H groups in total. The predicted molar refractivity (Wildman–Crippen MR) is 34.7 cm³/mol. The lowest BCUT2D eigenvalue weighted by Gasteiger charge is -1.92. The van der Waals surface area contributed by atoms with Gasteiger partial charge >= 0.3 is 0 Å². The average molecular weight is 189 g/mol. The van der Waals surface area contributed by atoms with Gasteiger partial charge in [0.2, 0.25) is 10.9 Å². The van der Waals surface area contributed by atoms with Crippen molar-refractivity contribution in [1.29, 1.82) is 0 Å². The molecule has 0 fully saturated rings. The van der Waals surface area contributed by atoms with Crippen molar-refractivity contribution in [1.82, 2.24) is 4.72 Å². The summed E-state index contributed by atoms with van der Waals surface area (Å²) >= 11 is 0. The van der Waals surface area contributed by atoms with E-state index in [2.05, 4.69) is 0 Å². The van der Waals surface area contributed by atoms with Crippen LogP contribution in [0, 0.1) is 0 Å². The standard InChI is InChI=1S/C2H7NO5S2/c4-9(5)3-1-2-10(6,7)8/h9H,1-2H2,(H,3,4,5)(H,6,7,8). The molecule has 0 aromatic heterocycles. The molecule has 62 valence electrons. The molecule has 0 spiro atoms. The van der Waals surface area contributed by atoms with Crippen LogP contribution in [0.4, 0.5) is 0 Å². The minimum atomic E-state index is -4.05. The molecule has 0 atom stereocenters. The molecule has 0 bridgehead atoms. The first-order valence-corrected chi connectivity index (χ1v) is 5.03. The second-order valence-electron chi connectivity index (χ2n) is 1.45. The molecule has 0 aliphatic rings. The molecule has 0 aromatic rings. The largest absolute Gasteiger partial charge is 0.286 e. The second kappa shape index (κ2) is 3.86. The number of hydrogen-bond acceptors (Lipinski definition) is 4.